The number of hydrogen-bond acceptors (Lipinski definition) is 5. The Morgan fingerprint density at radius 3 is 2.62 bits per heavy atom. The van der Waals surface area contributed by atoms with E-state index in [1.807, 2.05) is 21.0 Å². The molecule has 1 aliphatic rings. The number of rotatable bonds is 4. The molecule has 1 aromatic heterocycles. The zero-order valence-corrected chi connectivity index (χ0v) is 15.0. The molecule has 1 aliphatic heterocycles. The summed E-state index contributed by atoms with van der Waals surface area (Å²) >= 11 is 0. The second kappa shape index (κ2) is 7.90. The summed E-state index contributed by atoms with van der Waals surface area (Å²) in [6, 6.07) is 2.07. The predicted molar refractivity (Wildman–Crippen MR) is 91.8 cm³/mol. The average molecular weight is 336 g/mol. The van der Waals surface area contributed by atoms with Gasteiger partial charge in [0.05, 0.1) is 0 Å². The first kappa shape index (κ1) is 18.6. The zero-order valence-electron chi connectivity index (χ0n) is 15.0. The van der Waals surface area contributed by atoms with Crippen LogP contribution in [0.2, 0.25) is 0 Å². The van der Waals surface area contributed by atoms with Crippen LogP contribution in [0.3, 0.4) is 0 Å². The van der Waals surface area contributed by atoms with E-state index in [4.69, 9.17) is 0 Å². The fourth-order valence-corrected chi connectivity index (χ4v) is 3.23. The summed E-state index contributed by atoms with van der Waals surface area (Å²) in [6.07, 6.45) is 1.85. The molecule has 1 N–H and O–H groups in total. The molecule has 0 saturated carbocycles. The molecule has 1 amide bonds. The number of aliphatic hydroxyl groups excluding tert-OH is 1. The van der Waals surface area contributed by atoms with Gasteiger partial charge in [0, 0.05) is 37.1 Å². The average Bonchev–Trinajstić information content (AvgIpc) is 2.73. The quantitative estimate of drug-likeness (QED) is 0.839. The molecule has 2 rings (SSSR count). The largest absolute Gasteiger partial charge is 0.396 e. The van der Waals surface area contributed by atoms with E-state index in [0.29, 0.717) is 18.8 Å². The number of aryl methyl sites for hydroxylation is 2. The molecule has 24 heavy (non-hydrogen) atoms. The van der Waals surface area contributed by atoms with Gasteiger partial charge in [0.2, 0.25) is 5.91 Å². The minimum Gasteiger partial charge on any atom is -0.396 e. The smallest absolute Gasteiger partial charge is 0.348 e. The molecule has 0 aromatic carbocycles. The number of likely N-dealkylation sites (tertiary alicyclic amines) is 1. The van der Waals surface area contributed by atoms with Crippen LogP contribution in [0.1, 0.15) is 24.2 Å². The van der Waals surface area contributed by atoms with Crippen molar-refractivity contribution in [1.82, 2.24) is 19.4 Å². The normalized spacial score (nSPS) is 21.8. The molecule has 1 fully saturated rings. The molecular weight excluding hydrogens is 308 g/mol. The monoisotopic (exact) mass is 336 g/mol. The highest BCUT2D eigenvalue weighted by Gasteiger charge is 2.28. The van der Waals surface area contributed by atoms with Crippen molar-refractivity contribution in [2.24, 2.45) is 5.92 Å². The lowest BCUT2D eigenvalue weighted by atomic mass is 10.0. The summed E-state index contributed by atoms with van der Waals surface area (Å²) in [5, 5.41) is 9.53. The Balaban J connectivity index is 2.18. The lowest BCUT2D eigenvalue weighted by Crippen LogP contribution is -2.45. The van der Waals surface area contributed by atoms with Gasteiger partial charge in [0.1, 0.15) is 6.54 Å². The number of amides is 1. The predicted octanol–water partition coefficient (Wildman–Crippen LogP) is 0.0212. The molecular formula is C17H28N4O3. The van der Waals surface area contributed by atoms with E-state index in [1.54, 1.807) is 17.9 Å². The van der Waals surface area contributed by atoms with E-state index in [1.165, 1.54) is 4.57 Å². The van der Waals surface area contributed by atoms with Crippen LogP contribution in [0, 0.1) is 19.8 Å². The van der Waals surface area contributed by atoms with Crippen molar-refractivity contribution in [3.63, 3.8) is 0 Å². The van der Waals surface area contributed by atoms with Crippen LogP contribution < -0.4 is 5.69 Å². The van der Waals surface area contributed by atoms with E-state index >= 15 is 0 Å². The van der Waals surface area contributed by atoms with Crippen molar-refractivity contribution in [2.75, 3.05) is 33.8 Å². The van der Waals surface area contributed by atoms with Crippen LogP contribution in [0.4, 0.5) is 0 Å². The topological polar surface area (TPSA) is 78.7 Å². The molecule has 7 nitrogen and oxygen atoms in total. The molecule has 0 aliphatic carbocycles. The highest BCUT2D eigenvalue weighted by molar-refractivity contribution is 5.76. The van der Waals surface area contributed by atoms with Crippen molar-refractivity contribution in [3.05, 3.63) is 27.9 Å². The van der Waals surface area contributed by atoms with Crippen molar-refractivity contribution in [1.29, 1.82) is 0 Å². The second-order valence-corrected chi connectivity index (χ2v) is 6.95. The third kappa shape index (κ3) is 4.42. The standard InChI is InChI=1S/C17H28N4O3/c1-12-7-13(2)21(17(24)18-12)10-16(23)20-8-14(11-22)5-6-15(9-20)19(3)4/h7,14-15,22H,5-6,8-11H2,1-4H3/t14-,15+/m0/s1. The number of nitrogens with zero attached hydrogens (tertiary/aromatic N) is 4. The van der Waals surface area contributed by atoms with Crippen molar-refractivity contribution >= 4 is 5.91 Å². The number of carbonyl (C=O) groups excluding carboxylic acids is 1. The Hall–Kier alpha value is -1.73. The van der Waals surface area contributed by atoms with E-state index in [2.05, 4.69) is 9.88 Å². The summed E-state index contributed by atoms with van der Waals surface area (Å²) in [5.41, 5.74) is 1.00. The summed E-state index contributed by atoms with van der Waals surface area (Å²) in [5.74, 6) is -0.00841. The Kier molecular flexibility index (Phi) is 6.12. The number of likely N-dealkylation sites (N-methyl/N-ethyl adjacent to an activating group) is 1. The number of carbonyl (C=O) groups is 1. The van der Waals surface area contributed by atoms with E-state index in [-0.39, 0.29) is 31.0 Å². The van der Waals surface area contributed by atoms with Crippen LogP contribution in [-0.4, -0.2) is 70.2 Å². The van der Waals surface area contributed by atoms with Gasteiger partial charge in [-0.2, -0.15) is 4.98 Å². The summed E-state index contributed by atoms with van der Waals surface area (Å²) < 4.78 is 1.42. The van der Waals surface area contributed by atoms with Crippen molar-refractivity contribution in [2.45, 2.75) is 39.3 Å². The third-order valence-electron chi connectivity index (χ3n) is 4.80. The van der Waals surface area contributed by atoms with Gasteiger partial charge >= 0.3 is 5.69 Å². The minimum absolute atomic E-state index is 0.00373. The molecule has 1 aromatic rings. The molecule has 0 unspecified atom stereocenters. The van der Waals surface area contributed by atoms with Crippen LogP contribution in [0.25, 0.3) is 0 Å². The van der Waals surface area contributed by atoms with Crippen molar-refractivity contribution < 1.29 is 9.90 Å². The zero-order chi connectivity index (χ0) is 17.9. The second-order valence-electron chi connectivity index (χ2n) is 6.95. The first-order valence-electron chi connectivity index (χ1n) is 8.42. The van der Waals surface area contributed by atoms with E-state index < -0.39 is 5.69 Å². The molecule has 2 heterocycles. The first-order valence-corrected chi connectivity index (χ1v) is 8.42. The number of aliphatic hydroxyl groups is 1. The molecule has 2 atom stereocenters. The first-order chi connectivity index (χ1) is 11.3. The van der Waals surface area contributed by atoms with Gasteiger partial charge in [-0.25, -0.2) is 4.79 Å². The number of aromatic nitrogens is 2. The van der Waals surface area contributed by atoms with Gasteiger partial charge in [0.25, 0.3) is 0 Å². The maximum absolute atomic E-state index is 12.8. The molecule has 7 heteroatoms. The van der Waals surface area contributed by atoms with Gasteiger partial charge in [-0.3, -0.25) is 9.36 Å². The summed E-state index contributed by atoms with van der Waals surface area (Å²) in [4.78, 5) is 32.7. The van der Waals surface area contributed by atoms with Gasteiger partial charge in [0.15, 0.2) is 0 Å². The van der Waals surface area contributed by atoms with Crippen LogP contribution in [0.5, 0.6) is 0 Å². The van der Waals surface area contributed by atoms with Crippen molar-refractivity contribution in [3.8, 4) is 0 Å². The van der Waals surface area contributed by atoms with Gasteiger partial charge < -0.3 is 14.9 Å². The molecule has 134 valence electrons. The van der Waals surface area contributed by atoms with Crippen LogP contribution in [0.15, 0.2) is 10.9 Å². The molecule has 1 saturated heterocycles. The summed E-state index contributed by atoms with van der Waals surface area (Å²) in [7, 11) is 4.01. The lowest BCUT2D eigenvalue weighted by Gasteiger charge is -2.29. The molecule has 0 radical (unpaired) electrons. The lowest BCUT2D eigenvalue weighted by molar-refractivity contribution is -0.133. The molecule has 0 spiro atoms. The van der Waals surface area contributed by atoms with Gasteiger partial charge in [-0.15, -0.1) is 0 Å². The highest BCUT2D eigenvalue weighted by Crippen LogP contribution is 2.19. The SMILES string of the molecule is Cc1cc(C)n(CC(=O)N2C[C@@H](CO)CC[C@@H](N(C)C)C2)c(=O)n1. The fourth-order valence-electron chi connectivity index (χ4n) is 3.23. The maximum atomic E-state index is 12.8. The van der Waals surface area contributed by atoms with E-state index in [0.717, 1.165) is 18.5 Å². The maximum Gasteiger partial charge on any atom is 0.348 e. The van der Waals surface area contributed by atoms with Crippen LogP contribution in [-0.2, 0) is 11.3 Å². The summed E-state index contributed by atoms with van der Waals surface area (Å²) in [6.45, 7) is 4.81. The Morgan fingerprint density at radius 1 is 1.33 bits per heavy atom. The highest BCUT2D eigenvalue weighted by atomic mass is 16.3. The number of hydrogen-bond donors (Lipinski definition) is 1. The minimum atomic E-state index is -0.390. The van der Waals surface area contributed by atoms with Gasteiger partial charge in [-0.1, -0.05) is 0 Å². The molecule has 0 bridgehead atoms. The van der Waals surface area contributed by atoms with E-state index in [9.17, 15) is 14.7 Å². The Morgan fingerprint density at radius 2 is 2.04 bits per heavy atom. The fraction of sp³-hybridized carbons (Fsp3) is 0.706. The van der Waals surface area contributed by atoms with Gasteiger partial charge in [-0.05, 0) is 52.8 Å². The Bertz CT molecular complexity index is 641. The third-order valence-corrected chi connectivity index (χ3v) is 4.80. The van der Waals surface area contributed by atoms with Crippen LogP contribution >= 0.6 is 0 Å². The Labute approximate surface area is 142 Å².